The summed E-state index contributed by atoms with van der Waals surface area (Å²) in [6.07, 6.45) is 0. The van der Waals surface area contributed by atoms with Crippen LogP contribution in [-0.2, 0) is 5.41 Å². The highest BCUT2D eigenvalue weighted by Gasteiger charge is 2.35. The first kappa shape index (κ1) is 30.7. The zero-order chi connectivity index (χ0) is 34.4. The number of benzene rings is 7. The molecule has 0 amide bonds. The lowest BCUT2D eigenvalue weighted by atomic mass is 9.81. The molecule has 0 radical (unpaired) electrons. The quantitative estimate of drug-likeness (QED) is 0.179. The third kappa shape index (κ3) is 5.65. The van der Waals surface area contributed by atoms with Gasteiger partial charge < -0.3 is 0 Å². The maximum atomic E-state index is 5.19. The summed E-state index contributed by atoms with van der Waals surface area (Å²) in [5.41, 5.74) is 17.4. The molecule has 0 saturated carbocycles. The molecule has 0 atom stereocenters. The predicted molar refractivity (Wildman–Crippen MR) is 212 cm³/mol. The van der Waals surface area contributed by atoms with E-state index in [2.05, 4.69) is 184 Å². The van der Waals surface area contributed by atoms with E-state index < -0.39 is 0 Å². The molecule has 2 heteroatoms. The van der Waals surface area contributed by atoms with Crippen LogP contribution in [0.4, 0.5) is 0 Å². The van der Waals surface area contributed by atoms with E-state index in [4.69, 9.17) is 9.97 Å². The Bertz CT molecular complexity index is 2550. The SMILES string of the molecule is CC1(C)c2ccccc2-c2ccc(-c3cccc(-c4cccc(-c5nc(-c6ccccc6)cc(-c6cccc(-c7ccccc7)c6)n5)c4)c3)cc21. The summed E-state index contributed by atoms with van der Waals surface area (Å²) in [4.78, 5) is 10.3. The van der Waals surface area contributed by atoms with Crippen molar-refractivity contribution >= 4 is 0 Å². The van der Waals surface area contributed by atoms with Crippen LogP contribution in [-0.4, -0.2) is 9.97 Å². The molecule has 0 fully saturated rings. The average molecular weight is 653 g/mol. The molecule has 51 heavy (non-hydrogen) atoms. The third-order valence-corrected chi connectivity index (χ3v) is 10.3. The summed E-state index contributed by atoms with van der Waals surface area (Å²) in [5.74, 6) is 0.704. The number of hydrogen-bond donors (Lipinski definition) is 0. The molecule has 0 unspecified atom stereocenters. The summed E-state index contributed by atoms with van der Waals surface area (Å²) in [5, 5.41) is 0. The lowest BCUT2D eigenvalue weighted by Crippen LogP contribution is -2.14. The lowest BCUT2D eigenvalue weighted by Gasteiger charge is -2.22. The van der Waals surface area contributed by atoms with Gasteiger partial charge in [-0.15, -0.1) is 0 Å². The van der Waals surface area contributed by atoms with E-state index in [0.29, 0.717) is 5.82 Å². The smallest absolute Gasteiger partial charge is 0.160 e. The molecule has 1 heterocycles. The van der Waals surface area contributed by atoms with Gasteiger partial charge >= 0.3 is 0 Å². The van der Waals surface area contributed by atoms with E-state index in [-0.39, 0.29) is 5.41 Å². The van der Waals surface area contributed by atoms with Crippen molar-refractivity contribution < 1.29 is 0 Å². The van der Waals surface area contributed by atoms with E-state index in [0.717, 1.165) is 44.8 Å². The number of fused-ring (bicyclic) bond motifs is 3. The van der Waals surface area contributed by atoms with Crippen LogP contribution in [0.3, 0.4) is 0 Å². The Hall–Kier alpha value is -6.38. The van der Waals surface area contributed by atoms with Crippen molar-refractivity contribution in [3.8, 4) is 78.4 Å². The fourth-order valence-electron chi connectivity index (χ4n) is 7.57. The maximum absolute atomic E-state index is 5.19. The van der Waals surface area contributed by atoms with E-state index in [9.17, 15) is 0 Å². The van der Waals surface area contributed by atoms with E-state index in [1.807, 2.05) is 12.1 Å². The highest BCUT2D eigenvalue weighted by molar-refractivity contribution is 5.85. The Balaban J connectivity index is 1.10. The van der Waals surface area contributed by atoms with Gasteiger partial charge in [-0.25, -0.2) is 9.97 Å². The second-order valence-corrected chi connectivity index (χ2v) is 13.9. The average Bonchev–Trinajstić information content (AvgIpc) is 3.44. The molecule has 9 rings (SSSR count). The van der Waals surface area contributed by atoms with Crippen LogP contribution in [0.15, 0.2) is 182 Å². The first-order valence-electron chi connectivity index (χ1n) is 17.6. The summed E-state index contributed by atoms with van der Waals surface area (Å²) in [6, 6.07) is 64.8. The van der Waals surface area contributed by atoms with Crippen molar-refractivity contribution in [1.29, 1.82) is 0 Å². The van der Waals surface area contributed by atoms with Crippen LogP contribution in [0.2, 0.25) is 0 Å². The van der Waals surface area contributed by atoms with Gasteiger partial charge in [0, 0.05) is 22.1 Å². The predicted octanol–water partition coefficient (Wildman–Crippen LogP) is 12.8. The molecule has 8 aromatic rings. The Labute approximate surface area is 299 Å². The van der Waals surface area contributed by atoms with Crippen LogP contribution < -0.4 is 0 Å². The lowest BCUT2D eigenvalue weighted by molar-refractivity contribution is 0.660. The van der Waals surface area contributed by atoms with Gasteiger partial charge in [0.15, 0.2) is 5.82 Å². The standard InChI is InChI=1S/C49H36N2/c1-49(2)44-25-10-9-24-42(44)43-27-26-39(31-45(43)49)37-20-11-19-36(28-37)38-21-13-23-41(30-38)48-50-46(34-16-7-4-8-17-34)32-47(51-48)40-22-12-18-35(29-40)33-14-5-3-6-15-33/h3-32H,1-2H3. The first-order valence-corrected chi connectivity index (χ1v) is 17.6. The van der Waals surface area contributed by atoms with Crippen LogP contribution in [0.1, 0.15) is 25.0 Å². The van der Waals surface area contributed by atoms with Crippen LogP contribution in [0, 0.1) is 0 Å². The molecule has 1 aliphatic rings. The minimum Gasteiger partial charge on any atom is -0.228 e. The molecule has 0 spiro atoms. The van der Waals surface area contributed by atoms with Crippen LogP contribution in [0.25, 0.3) is 78.4 Å². The van der Waals surface area contributed by atoms with E-state index >= 15 is 0 Å². The zero-order valence-corrected chi connectivity index (χ0v) is 28.7. The molecule has 242 valence electrons. The monoisotopic (exact) mass is 652 g/mol. The summed E-state index contributed by atoms with van der Waals surface area (Å²) >= 11 is 0. The van der Waals surface area contributed by atoms with E-state index in [1.165, 1.54) is 38.9 Å². The van der Waals surface area contributed by atoms with Crippen molar-refractivity contribution in [2.75, 3.05) is 0 Å². The van der Waals surface area contributed by atoms with Crippen LogP contribution in [0.5, 0.6) is 0 Å². The van der Waals surface area contributed by atoms with Crippen molar-refractivity contribution in [2.45, 2.75) is 19.3 Å². The number of aromatic nitrogens is 2. The first-order chi connectivity index (χ1) is 25.0. The van der Waals surface area contributed by atoms with Crippen molar-refractivity contribution in [3.63, 3.8) is 0 Å². The fraction of sp³-hybridized carbons (Fsp3) is 0.0612. The van der Waals surface area contributed by atoms with Gasteiger partial charge in [0.2, 0.25) is 0 Å². The van der Waals surface area contributed by atoms with E-state index in [1.54, 1.807) is 0 Å². The minimum absolute atomic E-state index is 0.0378. The van der Waals surface area contributed by atoms with Crippen molar-refractivity contribution in [2.24, 2.45) is 0 Å². The summed E-state index contributed by atoms with van der Waals surface area (Å²) in [7, 11) is 0. The van der Waals surface area contributed by atoms with Gasteiger partial charge in [0.05, 0.1) is 11.4 Å². The maximum Gasteiger partial charge on any atom is 0.160 e. The number of nitrogens with zero attached hydrogens (tertiary/aromatic N) is 2. The second-order valence-electron chi connectivity index (χ2n) is 13.9. The van der Waals surface area contributed by atoms with Gasteiger partial charge in [0.25, 0.3) is 0 Å². The van der Waals surface area contributed by atoms with Gasteiger partial charge in [-0.1, -0.05) is 166 Å². The zero-order valence-electron chi connectivity index (χ0n) is 28.7. The van der Waals surface area contributed by atoms with Gasteiger partial charge in [-0.3, -0.25) is 0 Å². The molecule has 7 aromatic carbocycles. The van der Waals surface area contributed by atoms with Gasteiger partial charge in [-0.05, 0) is 86.0 Å². The topological polar surface area (TPSA) is 25.8 Å². The highest BCUT2D eigenvalue weighted by atomic mass is 14.9. The Morgan fingerprint density at radius 3 is 1.45 bits per heavy atom. The molecule has 0 bridgehead atoms. The fourth-order valence-corrected chi connectivity index (χ4v) is 7.57. The molecule has 0 aliphatic heterocycles. The molecule has 1 aliphatic carbocycles. The third-order valence-electron chi connectivity index (χ3n) is 10.3. The Morgan fingerprint density at radius 2 is 0.765 bits per heavy atom. The molecule has 0 saturated heterocycles. The largest absolute Gasteiger partial charge is 0.228 e. The van der Waals surface area contributed by atoms with Gasteiger partial charge in [0.1, 0.15) is 0 Å². The minimum atomic E-state index is -0.0378. The molecular weight excluding hydrogens is 617 g/mol. The second kappa shape index (κ2) is 12.5. The Morgan fingerprint density at radius 1 is 0.314 bits per heavy atom. The normalized spacial score (nSPS) is 12.7. The van der Waals surface area contributed by atoms with Crippen LogP contribution >= 0.6 is 0 Å². The molecule has 0 N–H and O–H groups in total. The summed E-state index contributed by atoms with van der Waals surface area (Å²) in [6.45, 7) is 4.67. The van der Waals surface area contributed by atoms with Crippen molar-refractivity contribution in [1.82, 2.24) is 9.97 Å². The number of hydrogen-bond acceptors (Lipinski definition) is 2. The summed E-state index contributed by atoms with van der Waals surface area (Å²) < 4.78 is 0. The molecule has 1 aromatic heterocycles. The number of rotatable bonds is 6. The molecule has 2 nitrogen and oxygen atoms in total. The van der Waals surface area contributed by atoms with Crippen molar-refractivity contribution in [3.05, 3.63) is 193 Å². The molecular formula is C49H36N2. The Kier molecular flexibility index (Phi) is 7.51. The highest BCUT2D eigenvalue weighted by Crippen LogP contribution is 2.49. The van der Waals surface area contributed by atoms with Gasteiger partial charge in [-0.2, -0.15) is 0 Å².